The number of rotatable bonds is 9. The number of anilines is 1. The third-order valence-electron chi connectivity index (χ3n) is 5.03. The fourth-order valence-corrected chi connectivity index (χ4v) is 4.15. The Balaban J connectivity index is 1.64. The van der Waals surface area contributed by atoms with Crippen molar-refractivity contribution in [3.05, 3.63) is 64.5 Å². The summed E-state index contributed by atoms with van der Waals surface area (Å²) in [6, 6.07) is 10.8. The van der Waals surface area contributed by atoms with Crippen LogP contribution in [0.4, 0.5) is 5.69 Å². The first-order chi connectivity index (χ1) is 15.3. The number of benzene rings is 2. The van der Waals surface area contributed by atoms with Gasteiger partial charge in [0.25, 0.3) is 0 Å². The van der Waals surface area contributed by atoms with E-state index in [4.69, 9.17) is 4.74 Å². The van der Waals surface area contributed by atoms with Crippen LogP contribution in [0.15, 0.2) is 41.6 Å². The van der Waals surface area contributed by atoms with Gasteiger partial charge in [-0.2, -0.15) is 0 Å². The van der Waals surface area contributed by atoms with Gasteiger partial charge < -0.3 is 19.7 Å². The topological polar surface area (TPSA) is 106 Å². The predicted molar refractivity (Wildman–Crippen MR) is 123 cm³/mol. The summed E-state index contributed by atoms with van der Waals surface area (Å²) in [7, 11) is 0. The van der Waals surface area contributed by atoms with Crippen LogP contribution in [0.5, 0.6) is 5.75 Å². The molecule has 0 saturated carbocycles. The summed E-state index contributed by atoms with van der Waals surface area (Å²) < 4.78 is 7.92. The Kier molecular flexibility index (Phi) is 7.53. The molecular weight excluding hydrogens is 428 g/mol. The average molecular weight is 455 g/mol. The van der Waals surface area contributed by atoms with Gasteiger partial charge in [-0.25, -0.2) is 4.79 Å². The molecule has 1 heterocycles. The number of carboxylic acids is 1. The molecule has 32 heavy (non-hydrogen) atoms. The number of nitrogens with zero attached hydrogens (tertiary/aromatic N) is 3. The summed E-state index contributed by atoms with van der Waals surface area (Å²) in [6.07, 6.45) is 0. The van der Waals surface area contributed by atoms with Crippen LogP contribution in [-0.4, -0.2) is 37.5 Å². The summed E-state index contributed by atoms with van der Waals surface area (Å²) in [5.41, 5.74) is 3.27. The summed E-state index contributed by atoms with van der Waals surface area (Å²) in [5.74, 6) is 0.361. The number of aromatic carboxylic acids is 1. The monoisotopic (exact) mass is 454 g/mol. The zero-order valence-electron chi connectivity index (χ0n) is 18.5. The van der Waals surface area contributed by atoms with Crippen molar-refractivity contribution in [1.82, 2.24) is 14.8 Å². The van der Waals surface area contributed by atoms with E-state index in [1.807, 2.05) is 43.5 Å². The number of ether oxygens (including phenoxy) is 1. The average Bonchev–Trinajstić information content (AvgIpc) is 3.15. The second-order valence-corrected chi connectivity index (χ2v) is 8.22. The fraction of sp³-hybridized carbons (Fsp3) is 0.304. The van der Waals surface area contributed by atoms with Crippen LogP contribution < -0.4 is 10.1 Å². The minimum absolute atomic E-state index is 0.118. The summed E-state index contributed by atoms with van der Waals surface area (Å²) >= 11 is 1.27. The molecule has 8 nitrogen and oxygen atoms in total. The normalized spacial score (nSPS) is 10.8. The maximum Gasteiger partial charge on any atom is 0.336 e. The highest BCUT2D eigenvalue weighted by molar-refractivity contribution is 7.99. The Morgan fingerprint density at radius 2 is 1.78 bits per heavy atom. The minimum atomic E-state index is -1.03. The van der Waals surface area contributed by atoms with Gasteiger partial charge in [-0.15, -0.1) is 10.2 Å². The first-order valence-electron chi connectivity index (χ1n) is 10.2. The molecule has 1 amide bonds. The van der Waals surface area contributed by atoms with E-state index in [0.717, 1.165) is 16.9 Å². The number of para-hydroxylation sites is 1. The quantitative estimate of drug-likeness (QED) is 0.466. The molecule has 3 rings (SSSR count). The van der Waals surface area contributed by atoms with Gasteiger partial charge in [-0.1, -0.05) is 36.0 Å². The van der Waals surface area contributed by atoms with Crippen molar-refractivity contribution in [1.29, 1.82) is 0 Å². The van der Waals surface area contributed by atoms with Crippen molar-refractivity contribution in [3.63, 3.8) is 0 Å². The number of amides is 1. The number of hydrogen-bond acceptors (Lipinski definition) is 6. The molecule has 0 aliphatic carbocycles. The molecule has 0 fully saturated rings. The molecule has 0 bridgehead atoms. The fourth-order valence-electron chi connectivity index (χ4n) is 3.33. The molecule has 0 aliphatic heterocycles. The molecule has 1 aromatic heterocycles. The molecule has 2 N–H and O–H groups in total. The molecule has 3 aromatic rings. The number of carbonyl (C=O) groups excluding carboxylic acids is 1. The molecule has 0 unspecified atom stereocenters. The smallest absolute Gasteiger partial charge is 0.336 e. The van der Waals surface area contributed by atoms with Gasteiger partial charge in [-0.3, -0.25) is 4.79 Å². The summed E-state index contributed by atoms with van der Waals surface area (Å²) in [5, 5.41) is 21.1. The summed E-state index contributed by atoms with van der Waals surface area (Å²) in [4.78, 5) is 23.7. The minimum Gasteiger partial charge on any atom is -0.485 e. The van der Waals surface area contributed by atoms with Gasteiger partial charge in [0.2, 0.25) is 5.91 Å². The van der Waals surface area contributed by atoms with E-state index in [2.05, 4.69) is 15.5 Å². The van der Waals surface area contributed by atoms with E-state index in [1.165, 1.54) is 17.8 Å². The van der Waals surface area contributed by atoms with Gasteiger partial charge >= 0.3 is 5.97 Å². The van der Waals surface area contributed by atoms with Crippen LogP contribution in [0.2, 0.25) is 0 Å². The highest BCUT2D eigenvalue weighted by Gasteiger charge is 2.16. The molecule has 2 aromatic carbocycles. The van der Waals surface area contributed by atoms with Crippen molar-refractivity contribution in [2.75, 3.05) is 11.1 Å². The number of thioether (sulfide) groups is 1. The Labute approximate surface area is 191 Å². The number of carbonyl (C=O) groups is 2. The Hall–Kier alpha value is -3.33. The third-order valence-corrected chi connectivity index (χ3v) is 6.00. The SMILES string of the molecule is CCn1c(COc2c(C)cccc2C)nnc1SCC(=O)Nc1cccc(C(=O)O)c1C. The molecular formula is C23H26N4O4S. The Morgan fingerprint density at radius 1 is 1.09 bits per heavy atom. The molecule has 0 aliphatic rings. The molecule has 9 heteroatoms. The van der Waals surface area contributed by atoms with Gasteiger partial charge in [-0.05, 0) is 56.5 Å². The molecule has 0 radical (unpaired) electrons. The van der Waals surface area contributed by atoms with Gasteiger partial charge in [0, 0.05) is 12.2 Å². The lowest BCUT2D eigenvalue weighted by atomic mass is 10.1. The van der Waals surface area contributed by atoms with Crippen molar-refractivity contribution >= 4 is 29.3 Å². The maximum absolute atomic E-state index is 12.4. The van der Waals surface area contributed by atoms with E-state index in [0.29, 0.717) is 28.8 Å². The van der Waals surface area contributed by atoms with E-state index >= 15 is 0 Å². The zero-order valence-corrected chi connectivity index (χ0v) is 19.3. The van der Waals surface area contributed by atoms with Crippen molar-refractivity contribution in [2.45, 2.75) is 46.0 Å². The standard InChI is InChI=1S/C23H26N4O4S/c1-5-27-19(12-31-21-14(2)8-6-9-15(21)3)25-26-23(27)32-13-20(28)24-18-11-7-10-17(16(18)4)22(29)30/h6-11H,5,12-13H2,1-4H3,(H,24,28)(H,29,30). The van der Waals surface area contributed by atoms with Crippen LogP contribution in [-0.2, 0) is 17.9 Å². The Bertz CT molecular complexity index is 1120. The number of carboxylic acid groups (broad SMARTS) is 1. The van der Waals surface area contributed by atoms with Crippen LogP contribution >= 0.6 is 11.8 Å². The number of nitrogens with one attached hydrogen (secondary N) is 1. The van der Waals surface area contributed by atoms with E-state index in [9.17, 15) is 14.7 Å². The lowest BCUT2D eigenvalue weighted by molar-refractivity contribution is -0.113. The number of aromatic nitrogens is 3. The van der Waals surface area contributed by atoms with Crippen molar-refractivity contribution in [2.24, 2.45) is 0 Å². The van der Waals surface area contributed by atoms with Crippen LogP contribution in [0, 0.1) is 20.8 Å². The first-order valence-corrected chi connectivity index (χ1v) is 11.2. The molecule has 168 valence electrons. The molecule has 0 spiro atoms. The van der Waals surface area contributed by atoms with Gasteiger partial charge in [0.1, 0.15) is 12.4 Å². The van der Waals surface area contributed by atoms with Crippen molar-refractivity contribution in [3.8, 4) is 5.75 Å². The highest BCUT2D eigenvalue weighted by atomic mass is 32.2. The van der Waals surface area contributed by atoms with Gasteiger partial charge in [0.15, 0.2) is 11.0 Å². The van der Waals surface area contributed by atoms with Crippen LogP contribution in [0.25, 0.3) is 0 Å². The number of hydrogen-bond donors (Lipinski definition) is 2. The second kappa shape index (κ2) is 10.3. The largest absolute Gasteiger partial charge is 0.485 e. The lowest BCUT2D eigenvalue weighted by Gasteiger charge is -2.13. The third kappa shape index (κ3) is 5.28. The van der Waals surface area contributed by atoms with Crippen LogP contribution in [0.3, 0.4) is 0 Å². The second-order valence-electron chi connectivity index (χ2n) is 7.27. The Morgan fingerprint density at radius 3 is 2.44 bits per heavy atom. The zero-order chi connectivity index (χ0) is 23.3. The van der Waals surface area contributed by atoms with Crippen LogP contribution in [0.1, 0.15) is 39.8 Å². The van der Waals surface area contributed by atoms with Crippen molar-refractivity contribution < 1.29 is 19.4 Å². The van der Waals surface area contributed by atoms with E-state index in [-0.39, 0.29) is 23.8 Å². The molecule has 0 saturated heterocycles. The van der Waals surface area contributed by atoms with Gasteiger partial charge in [0.05, 0.1) is 11.3 Å². The predicted octanol–water partition coefficient (Wildman–Crippen LogP) is 4.23. The maximum atomic E-state index is 12.4. The van der Waals surface area contributed by atoms with E-state index < -0.39 is 5.97 Å². The lowest BCUT2D eigenvalue weighted by Crippen LogP contribution is -2.16. The molecule has 0 atom stereocenters. The van der Waals surface area contributed by atoms with E-state index in [1.54, 1.807) is 19.1 Å². The number of aryl methyl sites for hydroxylation is 2. The first kappa shape index (κ1) is 23.3. The summed E-state index contributed by atoms with van der Waals surface area (Å²) in [6.45, 7) is 8.57. The highest BCUT2D eigenvalue weighted by Crippen LogP contribution is 2.25.